The second kappa shape index (κ2) is 6.46. The minimum Gasteiger partial charge on any atom is -0.476 e. The lowest BCUT2D eigenvalue weighted by atomic mass is 10.2. The molecule has 0 radical (unpaired) electrons. The van der Waals surface area contributed by atoms with Crippen LogP contribution < -0.4 is 5.32 Å². The summed E-state index contributed by atoms with van der Waals surface area (Å²) in [4.78, 5) is 29.9. The first-order chi connectivity index (χ1) is 9.65. The van der Waals surface area contributed by atoms with E-state index in [0.717, 1.165) is 5.56 Å². The summed E-state index contributed by atoms with van der Waals surface area (Å²) in [5.74, 6) is -1.15. The van der Waals surface area contributed by atoms with Gasteiger partial charge >= 0.3 is 5.97 Å². The Labute approximate surface area is 115 Å². The Morgan fingerprint density at radius 1 is 1.30 bits per heavy atom. The number of aromatic carboxylic acids is 1. The van der Waals surface area contributed by atoms with Gasteiger partial charge in [0.1, 0.15) is 0 Å². The average Bonchev–Trinajstić information content (AvgIpc) is 2.89. The van der Waals surface area contributed by atoms with Crippen molar-refractivity contribution in [3.05, 3.63) is 48.3 Å². The highest BCUT2D eigenvalue weighted by Crippen LogP contribution is 1.98. The van der Waals surface area contributed by atoms with Gasteiger partial charge in [-0.25, -0.2) is 9.78 Å². The topological polar surface area (TPSA) is 97.1 Å². The quantitative estimate of drug-likeness (QED) is 0.791. The van der Waals surface area contributed by atoms with Crippen molar-refractivity contribution in [1.82, 2.24) is 19.9 Å². The number of hydrogen-bond donors (Lipinski definition) is 2. The highest BCUT2D eigenvalue weighted by Gasteiger charge is 2.06. The number of pyridine rings is 1. The molecule has 0 saturated heterocycles. The molecule has 7 heteroatoms. The van der Waals surface area contributed by atoms with E-state index in [1.165, 1.54) is 12.5 Å². The maximum atomic E-state index is 11.7. The molecule has 0 aromatic carbocycles. The van der Waals surface area contributed by atoms with Crippen molar-refractivity contribution in [2.75, 3.05) is 6.54 Å². The van der Waals surface area contributed by atoms with E-state index < -0.39 is 5.97 Å². The van der Waals surface area contributed by atoms with Crippen LogP contribution in [0, 0.1) is 0 Å². The first-order valence-corrected chi connectivity index (χ1v) is 6.06. The summed E-state index contributed by atoms with van der Waals surface area (Å²) < 4.78 is 1.62. The van der Waals surface area contributed by atoms with Crippen LogP contribution in [0.15, 0.2) is 37.1 Å². The number of nitrogens with one attached hydrogen (secondary N) is 1. The zero-order valence-corrected chi connectivity index (χ0v) is 10.7. The van der Waals surface area contributed by atoms with Gasteiger partial charge in [-0.1, -0.05) is 0 Å². The zero-order valence-electron chi connectivity index (χ0n) is 10.7. The molecule has 0 spiro atoms. The van der Waals surface area contributed by atoms with E-state index in [-0.39, 0.29) is 11.6 Å². The van der Waals surface area contributed by atoms with Crippen LogP contribution in [0.25, 0.3) is 0 Å². The predicted molar refractivity (Wildman–Crippen MR) is 70.1 cm³/mol. The zero-order chi connectivity index (χ0) is 14.4. The van der Waals surface area contributed by atoms with Crippen LogP contribution in [0.4, 0.5) is 0 Å². The second-order valence-corrected chi connectivity index (χ2v) is 4.18. The summed E-state index contributed by atoms with van der Waals surface area (Å²) in [6.07, 6.45) is 6.44. The van der Waals surface area contributed by atoms with Gasteiger partial charge in [0.2, 0.25) is 5.91 Å². The number of nitrogens with zero attached hydrogens (tertiary/aromatic N) is 3. The van der Waals surface area contributed by atoms with Gasteiger partial charge < -0.3 is 15.0 Å². The standard InChI is InChI=1S/C13H14N4O3/c18-12(7-10-1-3-14-4-2-10)15-5-6-17-8-11(13(19)20)16-9-17/h1-4,8-9H,5-7H2,(H,15,18)(H,19,20). The van der Waals surface area contributed by atoms with E-state index in [9.17, 15) is 9.59 Å². The van der Waals surface area contributed by atoms with Crippen molar-refractivity contribution in [1.29, 1.82) is 0 Å². The molecule has 1 amide bonds. The molecule has 0 saturated carbocycles. The van der Waals surface area contributed by atoms with Crippen molar-refractivity contribution in [2.24, 2.45) is 0 Å². The molecule has 2 aromatic rings. The highest BCUT2D eigenvalue weighted by molar-refractivity contribution is 5.84. The number of carbonyl (C=O) groups is 2. The normalized spacial score (nSPS) is 10.2. The van der Waals surface area contributed by atoms with Crippen LogP contribution in [0.3, 0.4) is 0 Å². The van der Waals surface area contributed by atoms with Crippen molar-refractivity contribution >= 4 is 11.9 Å². The molecule has 2 heterocycles. The Morgan fingerprint density at radius 3 is 2.70 bits per heavy atom. The Morgan fingerprint density at radius 2 is 2.05 bits per heavy atom. The van der Waals surface area contributed by atoms with Crippen molar-refractivity contribution in [3.63, 3.8) is 0 Å². The van der Waals surface area contributed by atoms with Gasteiger partial charge in [-0.2, -0.15) is 0 Å². The molecule has 0 aliphatic rings. The molecule has 2 N–H and O–H groups in total. The smallest absolute Gasteiger partial charge is 0.356 e. The molecular formula is C13H14N4O3. The summed E-state index contributed by atoms with van der Waals surface area (Å²) in [5.41, 5.74) is 0.890. The van der Waals surface area contributed by atoms with Crippen LogP contribution in [0.1, 0.15) is 16.1 Å². The maximum absolute atomic E-state index is 11.7. The minimum absolute atomic E-state index is 0.00638. The van der Waals surface area contributed by atoms with E-state index in [0.29, 0.717) is 19.5 Å². The monoisotopic (exact) mass is 274 g/mol. The number of imidazole rings is 1. The number of rotatable bonds is 6. The highest BCUT2D eigenvalue weighted by atomic mass is 16.4. The van der Waals surface area contributed by atoms with Gasteiger partial charge in [-0.15, -0.1) is 0 Å². The van der Waals surface area contributed by atoms with E-state index in [1.807, 2.05) is 0 Å². The average molecular weight is 274 g/mol. The van der Waals surface area contributed by atoms with E-state index >= 15 is 0 Å². The van der Waals surface area contributed by atoms with Gasteiger partial charge in [0.05, 0.1) is 12.7 Å². The van der Waals surface area contributed by atoms with Gasteiger partial charge in [0, 0.05) is 31.7 Å². The Bertz CT molecular complexity index is 595. The fraction of sp³-hybridized carbons (Fsp3) is 0.231. The molecular weight excluding hydrogens is 260 g/mol. The van der Waals surface area contributed by atoms with Gasteiger partial charge in [-0.05, 0) is 17.7 Å². The lowest BCUT2D eigenvalue weighted by molar-refractivity contribution is -0.120. The maximum Gasteiger partial charge on any atom is 0.356 e. The summed E-state index contributed by atoms with van der Waals surface area (Å²) in [5, 5.41) is 11.5. The molecule has 0 atom stereocenters. The summed E-state index contributed by atoms with van der Waals surface area (Å²) in [6.45, 7) is 0.891. The third-order valence-corrected chi connectivity index (χ3v) is 2.66. The molecule has 20 heavy (non-hydrogen) atoms. The summed E-state index contributed by atoms with van der Waals surface area (Å²) in [7, 11) is 0. The second-order valence-electron chi connectivity index (χ2n) is 4.18. The number of carbonyl (C=O) groups excluding carboxylic acids is 1. The van der Waals surface area contributed by atoms with Crippen LogP contribution in [-0.4, -0.2) is 38.1 Å². The van der Waals surface area contributed by atoms with Crippen molar-refractivity contribution in [3.8, 4) is 0 Å². The van der Waals surface area contributed by atoms with Gasteiger partial charge in [0.15, 0.2) is 5.69 Å². The number of amides is 1. The van der Waals surface area contributed by atoms with Crippen LogP contribution in [-0.2, 0) is 17.8 Å². The Balaban J connectivity index is 1.75. The molecule has 0 aliphatic carbocycles. The molecule has 0 fully saturated rings. The Hall–Kier alpha value is -2.70. The summed E-state index contributed by atoms with van der Waals surface area (Å²) >= 11 is 0. The lowest BCUT2D eigenvalue weighted by Gasteiger charge is -2.05. The molecule has 0 unspecified atom stereocenters. The number of carboxylic acid groups (broad SMARTS) is 1. The molecule has 2 rings (SSSR count). The SMILES string of the molecule is O=C(Cc1ccncc1)NCCn1cnc(C(=O)O)c1. The first-order valence-electron chi connectivity index (χ1n) is 6.06. The fourth-order valence-electron chi connectivity index (χ4n) is 1.67. The number of hydrogen-bond acceptors (Lipinski definition) is 4. The molecule has 0 bridgehead atoms. The largest absolute Gasteiger partial charge is 0.476 e. The first kappa shape index (κ1) is 13.7. The third-order valence-electron chi connectivity index (χ3n) is 2.66. The van der Waals surface area contributed by atoms with Gasteiger partial charge in [0.25, 0.3) is 0 Å². The van der Waals surface area contributed by atoms with Crippen molar-refractivity contribution < 1.29 is 14.7 Å². The van der Waals surface area contributed by atoms with E-state index in [2.05, 4.69) is 15.3 Å². The number of aromatic nitrogens is 3. The lowest BCUT2D eigenvalue weighted by Crippen LogP contribution is -2.28. The van der Waals surface area contributed by atoms with Crippen molar-refractivity contribution in [2.45, 2.75) is 13.0 Å². The minimum atomic E-state index is -1.06. The molecule has 7 nitrogen and oxygen atoms in total. The third kappa shape index (κ3) is 3.91. The number of carboxylic acids is 1. The molecule has 2 aromatic heterocycles. The predicted octanol–water partition coefficient (Wildman–Crippen LogP) is 0.335. The van der Waals surface area contributed by atoms with E-state index in [4.69, 9.17) is 5.11 Å². The fourth-order valence-corrected chi connectivity index (χ4v) is 1.67. The van der Waals surface area contributed by atoms with Crippen LogP contribution >= 0.6 is 0 Å². The van der Waals surface area contributed by atoms with Crippen LogP contribution in [0.2, 0.25) is 0 Å². The van der Waals surface area contributed by atoms with Crippen LogP contribution in [0.5, 0.6) is 0 Å². The Kier molecular flexibility index (Phi) is 4.43. The molecule has 0 aliphatic heterocycles. The van der Waals surface area contributed by atoms with E-state index in [1.54, 1.807) is 29.1 Å². The molecule has 104 valence electrons. The summed E-state index contributed by atoms with van der Waals surface area (Å²) in [6, 6.07) is 3.57. The van der Waals surface area contributed by atoms with Gasteiger partial charge in [-0.3, -0.25) is 9.78 Å².